The number of Topliss-reactive ketones (excluding diaryl/α,β-unsaturated/α-hetero) is 1. The first-order chi connectivity index (χ1) is 15.6. The van der Waals surface area contributed by atoms with Gasteiger partial charge in [-0.05, 0) is 38.7 Å². The van der Waals surface area contributed by atoms with Crippen LogP contribution < -0.4 is 11.1 Å². The largest absolute Gasteiger partial charge is 0.383 e. The van der Waals surface area contributed by atoms with E-state index in [1.165, 1.54) is 12.8 Å². The van der Waals surface area contributed by atoms with E-state index in [0.29, 0.717) is 29.1 Å². The van der Waals surface area contributed by atoms with Crippen LogP contribution in [0.5, 0.6) is 0 Å². The minimum absolute atomic E-state index is 0.0655. The van der Waals surface area contributed by atoms with E-state index in [1.54, 1.807) is 35.2 Å². The summed E-state index contributed by atoms with van der Waals surface area (Å²) in [5.41, 5.74) is 11.1. The third kappa shape index (κ3) is 3.11. The van der Waals surface area contributed by atoms with Crippen molar-refractivity contribution < 1.29 is 4.79 Å². The number of hydrogen-bond acceptors (Lipinski definition) is 8. The van der Waals surface area contributed by atoms with Crippen molar-refractivity contribution in [2.45, 2.75) is 50.6 Å². The van der Waals surface area contributed by atoms with E-state index in [2.05, 4.69) is 20.4 Å². The number of pyridine rings is 1. The molecule has 8 nitrogen and oxygen atoms in total. The molecule has 2 unspecified atom stereocenters. The zero-order chi connectivity index (χ0) is 21.8. The molecule has 2 aliphatic rings. The number of aromatic nitrogens is 5. The summed E-state index contributed by atoms with van der Waals surface area (Å²) in [4.78, 5) is 26.5. The number of carbonyl (C=O) groups is 1. The van der Waals surface area contributed by atoms with Gasteiger partial charge in [-0.3, -0.25) is 9.78 Å². The predicted octanol–water partition coefficient (Wildman–Crippen LogP) is 3.70. The fourth-order valence-electron chi connectivity index (χ4n) is 5.20. The van der Waals surface area contributed by atoms with E-state index < -0.39 is 0 Å². The van der Waals surface area contributed by atoms with Gasteiger partial charge in [-0.2, -0.15) is 9.61 Å². The van der Waals surface area contributed by atoms with E-state index >= 15 is 0 Å². The highest BCUT2D eigenvalue weighted by Crippen LogP contribution is 2.40. The Kier molecular flexibility index (Phi) is 4.55. The molecule has 0 aliphatic carbocycles. The Labute approximate surface area is 188 Å². The smallest absolute Gasteiger partial charge is 0.165 e. The number of nitrogens with one attached hydrogen (secondary N) is 1. The molecule has 4 aromatic heterocycles. The summed E-state index contributed by atoms with van der Waals surface area (Å²) in [5, 5.41) is 10.9. The highest BCUT2D eigenvalue weighted by molar-refractivity contribution is 7.13. The van der Waals surface area contributed by atoms with E-state index in [4.69, 9.17) is 10.7 Å². The highest BCUT2D eigenvalue weighted by atomic mass is 32.1. The van der Waals surface area contributed by atoms with Crippen LogP contribution in [0.3, 0.4) is 0 Å². The van der Waals surface area contributed by atoms with Crippen LogP contribution in [-0.2, 0) is 0 Å². The zero-order valence-electron chi connectivity index (χ0n) is 17.7. The van der Waals surface area contributed by atoms with Crippen LogP contribution in [0.4, 0.5) is 5.82 Å². The minimum Gasteiger partial charge on any atom is -0.383 e. The molecule has 6 rings (SSSR count). The number of hydrogen-bond donors (Lipinski definition) is 2. The van der Waals surface area contributed by atoms with Gasteiger partial charge in [0, 0.05) is 46.9 Å². The second-order valence-electron chi connectivity index (χ2n) is 8.68. The average Bonchev–Trinajstić information content (AvgIpc) is 3.54. The Morgan fingerprint density at radius 2 is 2.00 bits per heavy atom. The summed E-state index contributed by atoms with van der Waals surface area (Å²) in [7, 11) is 0. The normalized spacial score (nSPS) is 22.5. The number of thiazole rings is 1. The van der Waals surface area contributed by atoms with Crippen molar-refractivity contribution in [1.82, 2.24) is 29.9 Å². The molecule has 2 bridgehead atoms. The number of carbonyl (C=O) groups excluding carboxylic acids is 1. The average molecular weight is 446 g/mol. The molecular formula is C23H23N7OS. The summed E-state index contributed by atoms with van der Waals surface area (Å²) < 4.78 is 1.58. The van der Waals surface area contributed by atoms with Gasteiger partial charge in [-0.25, -0.2) is 9.97 Å². The zero-order valence-corrected chi connectivity index (χ0v) is 18.5. The lowest BCUT2D eigenvalue weighted by Crippen LogP contribution is -2.38. The Hall–Kier alpha value is -3.17. The number of rotatable bonds is 4. The Balaban J connectivity index is 1.46. The SMILES string of the molecule is CC(=O)c1c(C2CC3CCC(C2)N3)nc2c(-c3ccc(-c4nccs4)nc3)cnn2c1N. The maximum Gasteiger partial charge on any atom is 0.165 e. The summed E-state index contributed by atoms with van der Waals surface area (Å²) in [6.07, 6.45) is 9.66. The molecule has 0 spiro atoms. The molecule has 0 amide bonds. The molecule has 2 saturated heterocycles. The Bertz CT molecular complexity index is 1300. The molecular weight excluding hydrogens is 422 g/mol. The van der Waals surface area contributed by atoms with Crippen LogP contribution in [0.1, 0.15) is 54.6 Å². The lowest BCUT2D eigenvalue weighted by molar-refractivity contribution is 0.101. The summed E-state index contributed by atoms with van der Waals surface area (Å²) >= 11 is 1.56. The van der Waals surface area contributed by atoms with Crippen molar-refractivity contribution in [3.05, 3.63) is 47.4 Å². The molecule has 2 atom stereocenters. The van der Waals surface area contributed by atoms with Crippen molar-refractivity contribution in [3.63, 3.8) is 0 Å². The van der Waals surface area contributed by atoms with Crippen molar-refractivity contribution in [1.29, 1.82) is 0 Å². The van der Waals surface area contributed by atoms with E-state index in [1.807, 2.05) is 23.7 Å². The Morgan fingerprint density at radius 1 is 1.19 bits per heavy atom. The fraction of sp³-hybridized carbons (Fsp3) is 0.348. The van der Waals surface area contributed by atoms with E-state index in [-0.39, 0.29) is 11.7 Å². The number of anilines is 1. The molecule has 3 N–H and O–H groups in total. The van der Waals surface area contributed by atoms with Gasteiger partial charge in [0.1, 0.15) is 10.8 Å². The maximum atomic E-state index is 12.6. The van der Waals surface area contributed by atoms with Crippen molar-refractivity contribution in [2.24, 2.45) is 0 Å². The molecule has 0 aromatic carbocycles. The van der Waals surface area contributed by atoms with Crippen molar-refractivity contribution in [2.75, 3.05) is 5.73 Å². The first-order valence-corrected chi connectivity index (χ1v) is 11.8. The van der Waals surface area contributed by atoms with Crippen LogP contribution in [0, 0.1) is 0 Å². The topological polar surface area (TPSA) is 111 Å². The predicted molar refractivity (Wildman–Crippen MR) is 124 cm³/mol. The molecule has 2 fully saturated rings. The van der Waals surface area contributed by atoms with Gasteiger partial charge < -0.3 is 11.1 Å². The molecule has 0 radical (unpaired) electrons. The third-order valence-corrected chi connectivity index (χ3v) is 7.44. The van der Waals surface area contributed by atoms with Crippen LogP contribution in [-0.4, -0.2) is 42.4 Å². The van der Waals surface area contributed by atoms with Crippen LogP contribution in [0.2, 0.25) is 0 Å². The maximum absolute atomic E-state index is 12.6. The molecule has 9 heteroatoms. The van der Waals surface area contributed by atoms with Crippen LogP contribution in [0.15, 0.2) is 36.1 Å². The van der Waals surface area contributed by atoms with Gasteiger partial charge in [0.25, 0.3) is 0 Å². The number of ketones is 1. The number of piperidine rings is 1. The fourth-order valence-corrected chi connectivity index (χ4v) is 5.82. The summed E-state index contributed by atoms with van der Waals surface area (Å²) in [6.45, 7) is 1.56. The number of nitrogen functional groups attached to an aromatic ring is 1. The van der Waals surface area contributed by atoms with E-state index in [0.717, 1.165) is 40.4 Å². The molecule has 6 heterocycles. The van der Waals surface area contributed by atoms with Crippen molar-refractivity contribution in [3.8, 4) is 21.8 Å². The Morgan fingerprint density at radius 3 is 2.66 bits per heavy atom. The van der Waals surface area contributed by atoms with Gasteiger partial charge in [0.05, 0.1) is 23.1 Å². The van der Waals surface area contributed by atoms with E-state index in [9.17, 15) is 4.79 Å². The lowest BCUT2D eigenvalue weighted by Gasteiger charge is -2.30. The molecule has 2 aliphatic heterocycles. The molecule has 4 aromatic rings. The first-order valence-electron chi connectivity index (χ1n) is 10.9. The second-order valence-corrected chi connectivity index (χ2v) is 9.58. The molecule has 162 valence electrons. The van der Waals surface area contributed by atoms with Crippen LogP contribution in [0.25, 0.3) is 27.5 Å². The monoisotopic (exact) mass is 445 g/mol. The van der Waals surface area contributed by atoms with Gasteiger partial charge >= 0.3 is 0 Å². The van der Waals surface area contributed by atoms with Gasteiger partial charge in [0.2, 0.25) is 0 Å². The highest BCUT2D eigenvalue weighted by Gasteiger charge is 2.37. The minimum atomic E-state index is -0.0655. The summed E-state index contributed by atoms with van der Waals surface area (Å²) in [5.74, 6) is 0.513. The first kappa shape index (κ1) is 19.5. The standard InChI is InChI=1S/C23H23N7OS/c1-12(31)19-20(14-8-15-3-4-16(9-14)28-15)29-22-17(11-27-30(22)21(19)24)13-2-5-18(26-10-13)23-25-6-7-32-23/h2,5-7,10-11,14-16,28H,3-4,8-9,24H2,1H3. The number of nitrogens with zero attached hydrogens (tertiary/aromatic N) is 5. The number of nitrogens with two attached hydrogens (primary N) is 1. The quantitative estimate of drug-likeness (QED) is 0.461. The number of fused-ring (bicyclic) bond motifs is 3. The van der Waals surface area contributed by atoms with Crippen molar-refractivity contribution >= 4 is 28.6 Å². The molecule has 0 saturated carbocycles. The summed E-state index contributed by atoms with van der Waals surface area (Å²) in [6, 6.07) is 4.94. The second kappa shape index (κ2) is 7.46. The lowest BCUT2D eigenvalue weighted by atomic mass is 9.86. The van der Waals surface area contributed by atoms with Crippen LogP contribution >= 0.6 is 11.3 Å². The van der Waals surface area contributed by atoms with Gasteiger partial charge in [-0.1, -0.05) is 6.07 Å². The van der Waals surface area contributed by atoms with Gasteiger partial charge in [-0.15, -0.1) is 11.3 Å². The van der Waals surface area contributed by atoms with Gasteiger partial charge in [0.15, 0.2) is 11.4 Å². The molecule has 32 heavy (non-hydrogen) atoms. The third-order valence-electron chi connectivity index (χ3n) is 6.65.